The molecule has 3 rings (SSSR count). The van der Waals surface area contributed by atoms with Crippen LogP contribution in [0.2, 0.25) is 5.02 Å². The molecule has 1 heterocycles. The van der Waals surface area contributed by atoms with E-state index < -0.39 is 21.2 Å². The Morgan fingerprint density at radius 2 is 2.04 bits per heavy atom. The summed E-state index contributed by atoms with van der Waals surface area (Å²) in [5.41, 5.74) is -0.636. The molecule has 0 spiro atoms. The van der Waals surface area contributed by atoms with Crippen molar-refractivity contribution < 1.29 is 12.8 Å². The number of benzene rings is 1. The number of anilines is 1. The van der Waals surface area contributed by atoms with E-state index in [0.717, 1.165) is 31.9 Å². The van der Waals surface area contributed by atoms with Gasteiger partial charge in [-0.2, -0.15) is 0 Å². The standard InChI is InChI=1S/C17H22BrClFN3O2S/c1-22(2)17(6-4-5-7-17)10-23-15-11(8-12(19)13(18)14(15)20)9-21-16(23)26(3,24)25/h8-9,16H,4-7,10H2,1-3H3. The van der Waals surface area contributed by atoms with Gasteiger partial charge in [0.2, 0.25) is 5.50 Å². The van der Waals surface area contributed by atoms with Gasteiger partial charge in [0.05, 0.1) is 15.2 Å². The van der Waals surface area contributed by atoms with Crippen molar-refractivity contribution in [3.8, 4) is 0 Å². The number of rotatable bonds is 4. The van der Waals surface area contributed by atoms with Crippen molar-refractivity contribution in [2.75, 3.05) is 31.8 Å². The zero-order chi connectivity index (χ0) is 19.3. The Labute approximate surface area is 167 Å². The molecule has 1 fully saturated rings. The van der Waals surface area contributed by atoms with Gasteiger partial charge in [0, 0.05) is 30.1 Å². The molecule has 0 N–H and O–H groups in total. The van der Waals surface area contributed by atoms with Gasteiger partial charge in [-0.1, -0.05) is 24.4 Å². The van der Waals surface area contributed by atoms with Gasteiger partial charge < -0.3 is 9.80 Å². The Hall–Kier alpha value is -0.700. The minimum atomic E-state index is -3.56. The maximum Gasteiger partial charge on any atom is 0.224 e. The van der Waals surface area contributed by atoms with Crippen LogP contribution in [0.25, 0.3) is 0 Å². The summed E-state index contributed by atoms with van der Waals surface area (Å²) in [6.07, 6.45) is 6.53. The molecule has 0 saturated heterocycles. The van der Waals surface area contributed by atoms with Crippen LogP contribution in [0, 0.1) is 5.82 Å². The first-order valence-electron chi connectivity index (χ1n) is 8.40. The van der Waals surface area contributed by atoms with E-state index in [-0.39, 0.29) is 20.7 Å². The van der Waals surface area contributed by atoms with Gasteiger partial charge >= 0.3 is 0 Å². The van der Waals surface area contributed by atoms with Crippen molar-refractivity contribution in [1.29, 1.82) is 0 Å². The van der Waals surface area contributed by atoms with Crippen molar-refractivity contribution in [2.45, 2.75) is 36.7 Å². The summed E-state index contributed by atoms with van der Waals surface area (Å²) < 4.78 is 40.0. The number of sulfone groups is 1. The van der Waals surface area contributed by atoms with E-state index in [1.807, 2.05) is 14.1 Å². The zero-order valence-corrected chi connectivity index (χ0v) is 18.1. The van der Waals surface area contributed by atoms with Crippen LogP contribution in [0.5, 0.6) is 0 Å². The molecule has 1 aliphatic carbocycles. The van der Waals surface area contributed by atoms with Crippen LogP contribution in [0.3, 0.4) is 0 Å². The van der Waals surface area contributed by atoms with Crippen molar-refractivity contribution in [1.82, 2.24) is 4.90 Å². The highest BCUT2D eigenvalue weighted by atomic mass is 79.9. The van der Waals surface area contributed by atoms with Crippen LogP contribution < -0.4 is 4.90 Å². The Balaban J connectivity index is 2.16. The monoisotopic (exact) mass is 465 g/mol. The Morgan fingerprint density at radius 3 is 2.58 bits per heavy atom. The predicted molar refractivity (Wildman–Crippen MR) is 108 cm³/mol. The number of fused-ring (bicyclic) bond motifs is 1. The predicted octanol–water partition coefficient (Wildman–Crippen LogP) is 3.68. The fourth-order valence-electron chi connectivity index (χ4n) is 3.92. The van der Waals surface area contributed by atoms with Gasteiger partial charge in [0.1, 0.15) is 0 Å². The van der Waals surface area contributed by atoms with E-state index in [9.17, 15) is 8.42 Å². The molecule has 0 amide bonds. The van der Waals surface area contributed by atoms with E-state index in [1.54, 1.807) is 11.0 Å². The summed E-state index contributed by atoms with van der Waals surface area (Å²) in [5.74, 6) is -0.556. The van der Waals surface area contributed by atoms with Gasteiger partial charge in [0.15, 0.2) is 15.7 Å². The van der Waals surface area contributed by atoms with Gasteiger partial charge in [-0.05, 0) is 48.9 Å². The van der Waals surface area contributed by atoms with Gasteiger partial charge in [-0.15, -0.1) is 0 Å². The van der Waals surface area contributed by atoms with Gasteiger partial charge in [-0.25, -0.2) is 12.8 Å². The lowest BCUT2D eigenvalue weighted by atomic mass is 9.94. The van der Waals surface area contributed by atoms with E-state index in [4.69, 9.17) is 11.6 Å². The molecule has 9 heteroatoms. The van der Waals surface area contributed by atoms with Gasteiger partial charge in [0.25, 0.3) is 0 Å². The zero-order valence-electron chi connectivity index (χ0n) is 15.0. The lowest BCUT2D eigenvalue weighted by molar-refractivity contribution is 0.162. The molecule has 0 bridgehead atoms. The first kappa shape index (κ1) is 20.0. The van der Waals surface area contributed by atoms with Crippen LogP contribution in [0.15, 0.2) is 15.5 Å². The molecule has 2 aliphatic rings. The van der Waals surface area contributed by atoms with Crippen LogP contribution in [0.4, 0.5) is 10.1 Å². The molecule has 1 aliphatic heterocycles. The third-order valence-electron chi connectivity index (χ3n) is 5.39. The largest absolute Gasteiger partial charge is 0.332 e. The average Bonchev–Trinajstić information content (AvgIpc) is 3.01. The number of aliphatic imine (C=N–C) groups is 1. The fraction of sp³-hybridized carbons (Fsp3) is 0.588. The Morgan fingerprint density at radius 1 is 1.42 bits per heavy atom. The number of nitrogens with zero attached hydrogens (tertiary/aromatic N) is 3. The van der Waals surface area contributed by atoms with E-state index in [1.165, 1.54) is 6.21 Å². The molecule has 26 heavy (non-hydrogen) atoms. The number of hydrogen-bond acceptors (Lipinski definition) is 5. The summed E-state index contributed by atoms with van der Waals surface area (Å²) in [6.45, 7) is 0.382. The van der Waals surface area contributed by atoms with E-state index in [0.29, 0.717) is 12.1 Å². The number of hydrogen-bond donors (Lipinski definition) is 0. The minimum Gasteiger partial charge on any atom is -0.332 e. The SMILES string of the molecule is CN(C)C1(CN2c3c(cc(Cl)c(Br)c3F)C=NC2S(C)(=O)=O)CCCC1. The topological polar surface area (TPSA) is 53.0 Å². The van der Waals surface area contributed by atoms with E-state index in [2.05, 4.69) is 25.8 Å². The number of likely N-dealkylation sites (N-methyl/N-ethyl adjacent to an activating group) is 1. The average molecular weight is 467 g/mol. The maximum atomic E-state index is 15.1. The Kier molecular flexibility index (Phi) is 5.42. The molecule has 5 nitrogen and oxygen atoms in total. The normalized spacial score (nSPS) is 22.1. The summed E-state index contributed by atoms with van der Waals surface area (Å²) in [5, 5.41) is 0.230. The van der Waals surface area contributed by atoms with Crippen molar-refractivity contribution in [2.24, 2.45) is 4.99 Å². The number of halogens is 3. The Bertz CT molecular complexity index is 854. The summed E-state index contributed by atoms with van der Waals surface area (Å²) >= 11 is 9.25. The smallest absolute Gasteiger partial charge is 0.224 e. The molecule has 0 aromatic heterocycles. The molecular weight excluding hydrogens is 445 g/mol. The lowest BCUT2D eigenvalue weighted by Gasteiger charge is -2.44. The second kappa shape index (κ2) is 7.04. The summed E-state index contributed by atoms with van der Waals surface area (Å²) in [7, 11) is 0.421. The highest BCUT2D eigenvalue weighted by Gasteiger charge is 2.43. The maximum absolute atomic E-state index is 15.1. The molecule has 1 atom stereocenters. The summed E-state index contributed by atoms with van der Waals surface area (Å²) in [6, 6.07) is 1.61. The first-order valence-corrected chi connectivity index (χ1v) is 11.5. The molecule has 1 unspecified atom stereocenters. The molecule has 144 valence electrons. The second-order valence-corrected chi connectivity index (χ2v) is 10.6. The van der Waals surface area contributed by atoms with Crippen molar-refractivity contribution in [3.63, 3.8) is 0 Å². The van der Waals surface area contributed by atoms with Gasteiger partial charge in [-0.3, -0.25) is 4.99 Å². The summed E-state index contributed by atoms with van der Waals surface area (Å²) in [4.78, 5) is 7.94. The highest BCUT2D eigenvalue weighted by molar-refractivity contribution is 9.10. The van der Waals surface area contributed by atoms with Crippen LogP contribution >= 0.6 is 27.5 Å². The second-order valence-electron chi connectivity index (χ2n) is 7.31. The molecule has 1 saturated carbocycles. The minimum absolute atomic E-state index is 0.135. The highest BCUT2D eigenvalue weighted by Crippen LogP contribution is 2.42. The van der Waals surface area contributed by atoms with Crippen LogP contribution in [0.1, 0.15) is 31.2 Å². The van der Waals surface area contributed by atoms with E-state index >= 15 is 4.39 Å². The quantitative estimate of drug-likeness (QED) is 0.635. The third-order valence-corrected chi connectivity index (χ3v) is 7.84. The van der Waals surface area contributed by atoms with Crippen LogP contribution in [-0.2, 0) is 9.84 Å². The molecule has 1 aromatic rings. The molecule has 1 aromatic carbocycles. The van der Waals surface area contributed by atoms with Crippen LogP contribution in [-0.4, -0.2) is 57.5 Å². The molecular formula is C17H22BrClFN3O2S. The first-order chi connectivity index (χ1) is 12.1. The lowest BCUT2D eigenvalue weighted by Crippen LogP contribution is -2.55. The third kappa shape index (κ3) is 3.41. The van der Waals surface area contributed by atoms with Crippen molar-refractivity contribution in [3.05, 3.63) is 26.9 Å². The van der Waals surface area contributed by atoms with Crippen molar-refractivity contribution >= 4 is 49.3 Å². The fourth-order valence-corrected chi connectivity index (χ4v) is 5.35. The molecule has 0 radical (unpaired) electrons.